The minimum Gasteiger partial charge on any atom is -0.390 e. The average Bonchev–Trinajstić information content (AvgIpc) is 3.26. The number of esters is 2. The van der Waals surface area contributed by atoms with Gasteiger partial charge in [-0.25, -0.2) is 9.59 Å². The lowest BCUT2D eigenvalue weighted by atomic mass is 10.2. The quantitative estimate of drug-likeness (QED) is 0.384. The summed E-state index contributed by atoms with van der Waals surface area (Å²) >= 11 is 0. The summed E-state index contributed by atoms with van der Waals surface area (Å²) in [5.74, 6) is -1.07. The van der Waals surface area contributed by atoms with Crippen LogP contribution in [0.4, 0.5) is 11.4 Å². The fourth-order valence-electron chi connectivity index (χ4n) is 3.21. The Kier molecular flexibility index (Phi) is 4.75. The number of carbonyl (C=O) groups is 2. The standard InChI is InChI=1S/C16H19N3O5/c20-15(13-3-1-9-17-13)24-16(21)14-4-2-10-18(14)11-5-7-12(8-6-11)19(22)23/h5-8,13-14,17H,1-4,9-10H2/t13-,14?/m0/s1. The number of benzene rings is 1. The Bertz CT molecular complexity index is 640. The molecular weight excluding hydrogens is 314 g/mol. The zero-order valence-corrected chi connectivity index (χ0v) is 13.1. The van der Waals surface area contributed by atoms with Gasteiger partial charge in [-0.1, -0.05) is 0 Å². The van der Waals surface area contributed by atoms with Gasteiger partial charge >= 0.3 is 11.9 Å². The molecule has 0 spiro atoms. The SMILES string of the molecule is O=C(OC(=O)[C@@H]1CCCN1)C1CCCN1c1ccc([N+](=O)[O-])cc1. The maximum Gasteiger partial charge on any atom is 0.336 e. The van der Waals surface area contributed by atoms with E-state index >= 15 is 0 Å². The molecule has 8 heteroatoms. The van der Waals surface area contributed by atoms with Crippen LogP contribution in [0.2, 0.25) is 0 Å². The first-order chi connectivity index (χ1) is 11.6. The lowest BCUT2D eigenvalue weighted by molar-refractivity contribution is -0.384. The van der Waals surface area contributed by atoms with Crippen LogP contribution in [0.15, 0.2) is 24.3 Å². The van der Waals surface area contributed by atoms with Crippen molar-refractivity contribution in [3.63, 3.8) is 0 Å². The highest BCUT2D eigenvalue weighted by atomic mass is 16.6. The van der Waals surface area contributed by atoms with Crippen LogP contribution in [-0.4, -0.2) is 42.0 Å². The van der Waals surface area contributed by atoms with E-state index in [0.29, 0.717) is 25.1 Å². The van der Waals surface area contributed by atoms with E-state index in [1.807, 2.05) is 4.90 Å². The predicted molar refractivity (Wildman–Crippen MR) is 85.6 cm³/mol. The molecule has 3 rings (SSSR count). The zero-order chi connectivity index (χ0) is 17.1. The number of anilines is 1. The van der Waals surface area contributed by atoms with Crippen molar-refractivity contribution in [2.24, 2.45) is 0 Å². The molecule has 1 N–H and O–H groups in total. The minimum atomic E-state index is -0.551. The second-order valence-corrected chi connectivity index (χ2v) is 6.01. The minimum absolute atomic E-state index is 0.000408. The zero-order valence-electron chi connectivity index (χ0n) is 13.1. The van der Waals surface area contributed by atoms with E-state index in [1.54, 1.807) is 12.1 Å². The normalized spacial score (nSPS) is 23.2. The molecule has 0 radical (unpaired) electrons. The smallest absolute Gasteiger partial charge is 0.336 e. The molecule has 0 saturated carbocycles. The first-order valence-corrected chi connectivity index (χ1v) is 8.06. The monoisotopic (exact) mass is 333 g/mol. The number of hydrogen-bond donors (Lipinski definition) is 1. The molecule has 2 aliphatic heterocycles. The Balaban J connectivity index is 1.66. The van der Waals surface area contributed by atoms with Gasteiger partial charge in [0.15, 0.2) is 0 Å². The van der Waals surface area contributed by atoms with Crippen molar-refractivity contribution in [1.29, 1.82) is 0 Å². The van der Waals surface area contributed by atoms with Crippen molar-refractivity contribution in [3.05, 3.63) is 34.4 Å². The third-order valence-corrected chi connectivity index (χ3v) is 4.46. The number of nitro benzene ring substituents is 1. The van der Waals surface area contributed by atoms with Crippen LogP contribution in [0.25, 0.3) is 0 Å². The molecule has 1 aromatic rings. The van der Waals surface area contributed by atoms with Gasteiger partial charge in [0.05, 0.1) is 4.92 Å². The Morgan fingerprint density at radius 3 is 2.54 bits per heavy atom. The molecule has 24 heavy (non-hydrogen) atoms. The highest BCUT2D eigenvalue weighted by Gasteiger charge is 2.35. The number of nitro groups is 1. The third-order valence-electron chi connectivity index (χ3n) is 4.46. The average molecular weight is 333 g/mol. The summed E-state index contributed by atoms with van der Waals surface area (Å²) in [6.45, 7) is 1.40. The van der Waals surface area contributed by atoms with Gasteiger partial charge in [0.1, 0.15) is 12.1 Å². The lowest BCUT2D eigenvalue weighted by Gasteiger charge is -2.25. The highest BCUT2D eigenvalue weighted by Crippen LogP contribution is 2.28. The Morgan fingerprint density at radius 1 is 1.17 bits per heavy atom. The molecule has 1 aromatic carbocycles. The van der Waals surface area contributed by atoms with Gasteiger partial charge in [-0.15, -0.1) is 0 Å². The molecule has 2 fully saturated rings. The lowest BCUT2D eigenvalue weighted by Crippen LogP contribution is -2.41. The van der Waals surface area contributed by atoms with Gasteiger partial charge in [-0.3, -0.25) is 10.1 Å². The summed E-state index contributed by atoms with van der Waals surface area (Å²) in [6, 6.07) is 5.11. The maximum atomic E-state index is 12.4. The second-order valence-electron chi connectivity index (χ2n) is 6.01. The topological polar surface area (TPSA) is 102 Å². The molecule has 0 amide bonds. The summed E-state index contributed by atoms with van der Waals surface area (Å²) < 4.78 is 5.04. The van der Waals surface area contributed by atoms with E-state index in [9.17, 15) is 19.7 Å². The van der Waals surface area contributed by atoms with E-state index in [0.717, 1.165) is 19.4 Å². The molecule has 2 atom stereocenters. The van der Waals surface area contributed by atoms with Crippen molar-refractivity contribution in [2.75, 3.05) is 18.0 Å². The number of hydrogen-bond acceptors (Lipinski definition) is 7. The molecule has 2 aliphatic rings. The van der Waals surface area contributed by atoms with Crippen LogP contribution in [0.5, 0.6) is 0 Å². The van der Waals surface area contributed by atoms with Gasteiger partial charge in [0.25, 0.3) is 5.69 Å². The molecule has 128 valence electrons. The van der Waals surface area contributed by atoms with Crippen LogP contribution in [0, 0.1) is 10.1 Å². The predicted octanol–water partition coefficient (Wildman–Crippen LogP) is 1.39. The number of ether oxygens (including phenoxy) is 1. The van der Waals surface area contributed by atoms with Gasteiger partial charge in [-0.05, 0) is 44.4 Å². The van der Waals surface area contributed by atoms with Crippen molar-refractivity contribution in [3.8, 4) is 0 Å². The van der Waals surface area contributed by atoms with E-state index in [-0.39, 0.29) is 5.69 Å². The first-order valence-electron chi connectivity index (χ1n) is 8.06. The molecule has 0 aromatic heterocycles. The van der Waals surface area contributed by atoms with E-state index in [1.165, 1.54) is 12.1 Å². The summed E-state index contributed by atoms with van der Waals surface area (Å²) in [7, 11) is 0. The van der Waals surface area contributed by atoms with E-state index in [2.05, 4.69) is 5.32 Å². The number of rotatable bonds is 4. The van der Waals surface area contributed by atoms with Crippen LogP contribution in [0.1, 0.15) is 25.7 Å². The molecule has 2 heterocycles. The number of nitrogens with zero attached hydrogens (tertiary/aromatic N) is 2. The number of nitrogens with one attached hydrogen (secondary N) is 1. The van der Waals surface area contributed by atoms with Gasteiger partial charge in [-0.2, -0.15) is 0 Å². The molecule has 8 nitrogen and oxygen atoms in total. The van der Waals surface area contributed by atoms with Gasteiger partial charge in [0.2, 0.25) is 0 Å². The molecule has 1 unspecified atom stereocenters. The molecule has 2 saturated heterocycles. The van der Waals surface area contributed by atoms with Gasteiger partial charge < -0.3 is 15.0 Å². The van der Waals surface area contributed by atoms with Crippen LogP contribution < -0.4 is 10.2 Å². The summed E-state index contributed by atoms with van der Waals surface area (Å²) in [6.07, 6.45) is 2.98. The van der Waals surface area contributed by atoms with E-state index in [4.69, 9.17) is 4.74 Å². The van der Waals surface area contributed by atoms with Gasteiger partial charge in [0, 0.05) is 24.4 Å². The maximum absolute atomic E-state index is 12.4. The van der Waals surface area contributed by atoms with Crippen molar-refractivity contribution < 1.29 is 19.2 Å². The highest BCUT2D eigenvalue weighted by molar-refractivity contribution is 5.92. The second kappa shape index (κ2) is 6.96. The van der Waals surface area contributed by atoms with E-state index < -0.39 is 28.9 Å². The fraction of sp³-hybridized carbons (Fsp3) is 0.500. The summed E-state index contributed by atoms with van der Waals surface area (Å²) in [5, 5.41) is 13.7. The summed E-state index contributed by atoms with van der Waals surface area (Å²) in [5.41, 5.74) is 0.714. The van der Waals surface area contributed by atoms with Crippen molar-refractivity contribution >= 4 is 23.3 Å². The Labute approximate surface area is 138 Å². The third kappa shape index (κ3) is 3.38. The largest absolute Gasteiger partial charge is 0.390 e. The Morgan fingerprint density at radius 2 is 1.92 bits per heavy atom. The molecular formula is C16H19N3O5. The number of non-ortho nitro benzene ring substituents is 1. The molecule has 0 bridgehead atoms. The van der Waals surface area contributed by atoms with Crippen LogP contribution >= 0.6 is 0 Å². The first kappa shape index (κ1) is 16.4. The number of carbonyl (C=O) groups excluding carboxylic acids is 2. The van der Waals surface area contributed by atoms with Crippen molar-refractivity contribution in [1.82, 2.24) is 5.32 Å². The fourth-order valence-corrected chi connectivity index (χ4v) is 3.21. The Hall–Kier alpha value is -2.48. The van der Waals surface area contributed by atoms with Crippen LogP contribution in [0.3, 0.4) is 0 Å². The van der Waals surface area contributed by atoms with Crippen LogP contribution in [-0.2, 0) is 14.3 Å². The van der Waals surface area contributed by atoms with Crippen molar-refractivity contribution in [2.45, 2.75) is 37.8 Å². The molecule has 0 aliphatic carbocycles. The summed E-state index contributed by atoms with van der Waals surface area (Å²) in [4.78, 5) is 36.4.